The Morgan fingerprint density at radius 2 is 1.77 bits per heavy atom. The van der Waals surface area contributed by atoms with Crippen molar-refractivity contribution in [1.82, 2.24) is 4.90 Å². The number of likely N-dealkylation sites (N-methyl/N-ethyl adjacent to an activating group) is 1. The molecule has 0 bridgehead atoms. The molecule has 3 nitrogen and oxygen atoms in total. The second kappa shape index (κ2) is 11.0. The summed E-state index contributed by atoms with van der Waals surface area (Å²) in [7, 11) is 6.51. The predicted molar refractivity (Wildman–Crippen MR) is 53.1 cm³/mol. The van der Waals surface area contributed by atoms with E-state index in [0.717, 1.165) is 0 Å². The zero-order valence-corrected chi connectivity index (χ0v) is 11.2. The molecule has 0 aliphatic heterocycles. The molecule has 0 spiro atoms. The van der Waals surface area contributed by atoms with Crippen molar-refractivity contribution >= 4 is 9.30 Å². The molecule has 0 aliphatic carbocycles. The first-order valence-electron chi connectivity index (χ1n) is 3.66. The van der Waals surface area contributed by atoms with Crippen molar-refractivity contribution < 1.29 is 29.6 Å². The molecule has 0 rings (SSSR count). The van der Waals surface area contributed by atoms with E-state index in [9.17, 15) is 5.11 Å². The van der Waals surface area contributed by atoms with E-state index in [1.165, 1.54) is 19.4 Å². The average Bonchev–Trinajstić information content (AvgIpc) is 1.88. The van der Waals surface area contributed by atoms with E-state index in [1.807, 2.05) is 11.9 Å². The van der Waals surface area contributed by atoms with Crippen LogP contribution in [0, 0.1) is 7.43 Å². The van der Waals surface area contributed by atoms with E-state index in [-0.39, 0.29) is 14.0 Å². The van der Waals surface area contributed by atoms with Gasteiger partial charge in [0.05, 0.1) is 12.2 Å². The zero-order chi connectivity index (χ0) is 10.2. The van der Waals surface area contributed by atoms with E-state index >= 15 is 0 Å². The van der Waals surface area contributed by atoms with Gasteiger partial charge in [0.15, 0.2) is 0 Å². The van der Waals surface area contributed by atoms with Crippen LogP contribution >= 0.6 is 9.30 Å². The van der Waals surface area contributed by atoms with Crippen LogP contribution in [-0.2, 0) is 19.4 Å². The van der Waals surface area contributed by atoms with Gasteiger partial charge in [-0.05, 0) is 20.9 Å². The second-order valence-electron chi connectivity index (χ2n) is 3.27. The molecule has 0 saturated heterocycles. The van der Waals surface area contributed by atoms with E-state index in [1.54, 1.807) is 13.8 Å². The van der Waals surface area contributed by atoms with Crippen molar-refractivity contribution in [2.45, 2.75) is 19.4 Å². The Morgan fingerprint density at radius 3 is 2.00 bits per heavy atom. The van der Waals surface area contributed by atoms with Gasteiger partial charge in [-0.1, -0.05) is 0 Å². The van der Waals surface area contributed by atoms with Gasteiger partial charge in [0, 0.05) is 13.1 Å². The molecular formula is C8H20ClNO2Ti. The van der Waals surface area contributed by atoms with Gasteiger partial charge in [-0.25, -0.2) is 0 Å². The summed E-state index contributed by atoms with van der Waals surface area (Å²) in [6, 6.07) is 0. The van der Waals surface area contributed by atoms with Crippen LogP contribution < -0.4 is 0 Å². The summed E-state index contributed by atoms with van der Waals surface area (Å²) in [6.45, 7) is 4.85. The molecule has 0 fully saturated rings. The molecule has 0 unspecified atom stereocenters. The molecule has 0 amide bonds. The molecule has 13 heavy (non-hydrogen) atoms. The van der Waals surface area contributed by atoms with Gasteiger partial charge in [0.1, 0.15) is 0 Å². The molecule has 0 aromatic carbocycles. The Morgan fingerprint density at radius 1 is 1.38 bits per heavy atom. The first kappa shape index (κ1) is 19.5. The molecule has 0 heterocycles. The Kier molecular flexibility index (Phi) is 16.4. The number of aliphatic hydroxyl groups is 2. The standard InChI is InChI=1S/C7H17NO2.CH3.ClH.Ti/c1-7(2,10)6-8(3)4-5-9;;;/h9-10H,4-6H2,1-3H3;1H3;1H;/q;-1;;+2/p-1. The Hall–Kier alpha value is 0.884. The first-order chi connectivity index (χ1) is 5.45. The van der Waals surface area contributed by atoms with Gasteiger partial charge >= 0.3 is 28.7 Å². The fourth-order valence-electron chi connectivity index (χ4n) is 0.910. The van der Waals surface area contributed by atoms with E-state index in [4.69, 9.17) is 5.11 Å². The summed E-state index contributed by atoms with van der Waals surface area (Å²) in [5.41, 5.74) is -0.663. The molecule has 0 aliphatic rings. The summed E-state index contributed by atoms with van der Waals surface area (Å²) < 4.78 is 0. The second-order valence-corrected chi connectivity index (χ2v) is 3.27. The molecule has 0 aromatic heterocycles. The van der Waals surface area contributed by atoms with Crippen LogP contribution in [0.1, 0.15) is 13.8 Å². The maximum absolute atomic E-state index is 9.29. The van der Waals surface area contributed by atoms with Gasteiger partial charge in [-0.3, -0.25) is 0 Å². The number of nitrogens with zero attached hydrogens (tertiary/aromatic N) is 1. The third-order valence-electron chi connectivity index (χ3n) is 1.14. The molecule has 2 N–H and O–H groups in total. The molecular weight excluding hydrogens is 225 g/mol. The van der Waals surface area contributed by atoms with Gasteiger partial charge in [-0.15, -0.1) is 0 Å². The van der Waals surface area contributed by atoms with Gasteiger partial charge < -0.3 is 22.5 Å². The topological polar surface area (TPSA) is 43.7 Å². The Balaban J connectivity index is -0.000000309. The van der Waals surface area contributed by atoms with Crippen LogP contribution in [0.5, 0.6) is 0 Å². The third-order valence-corrected chi connectivity index (χ3v) is 1.14. The maximum atomic E-state index is 9.29. The molecule has 5 heteroatoms. The van der Waals surface area contributed by atoms with Crippen LogP contribution in [-0.4, -0.2) is 47.5 Å². The average molecular weight is 246 g/mol. The van der Waals surface area contributed by atoms with Crippen molar-refractivity contribution in [1.29, 1.82) is 0 Å². The van der Waals surface area contributed by atoms with Crippen LogP contribution in [0.15, 0.2) is 0 Å². The number of hydrogen-bond acceptors (Lipinski definition) is 3. The van der Waals surface area contributed by atoms with Crippen molar-refractivity contribution in [3.8, 4) is 0 Å². The fraction of sp³-hybridized carbons (Fsp3) is 0.875. The molecule has 0 atom stereocenters. The van der Waals surface area contributed by atoms with Crippen molar-refractivity contribution in [3.05, 3.63) is 7.43 Å². The Labute approximate surface area is 97.4 Å². The fourth-order valence-corrected chi connectivity index (χ4v) is 0.910. The van der Waals surface area contributed by atoms with E-state index in [2.05, 4.69) is 9.30 Å². The van der Waals surface area contributed by atoms with Crippen LogP contribution in [0.4, 0.5) is 0 Å². The summed E-state index contributed by atoms with van der Waals surface area (Å²) >= 11 is 1.47. The molecule has 80 valence electrons. The summed E-state index contributed by atoms with van der Waals surface area (Å²) in [5, 5.41) is 17.8. The van der Waals surface area contributed by atoms with Gasteiger partial charge in [0.25, 0.3) is 0 Å². The SMILES string of the molecule is CN(CCO)CC(C)(C)O.[CH3-].[Cl][Ti+]. The van der Waals surface area contributed by atoms with Gasteiger partial charge in [-0.2, -0.15) is 0 Å². The summed E-state index contributed by atoms with van der Waals surface area (Å²) in [6.07, 6.45) is 0. The normalized spacial score (nSPS) is 10.0. The number of halogens is 1. The third kappa shape index (κ3) is 19.3. The van der Waals surface area contributed by atoms with Crippen LogP contribution in [0.25, 0.3) is 0 Å². The van der Waals surface area contributed by atoms with Crippen LogP contribution in [0.3, 0.4) is 0 Å². The number of hydrogen-bond donors (Lipinski definition) is 2. The minimum atomic E-state index is -0.663. The van der Waals surface area contributed by atoms with E-state index in [0.29, 0.717) is 13.1 Å². The van der Waals surface area contributed by atoms with Crippen molar-refractivity contribution in [2.24, 2.45) is 0 Å². The number of rotatable bonds is 4. The predicted octanol–water partition coefficient (Wildman–Crippen LogP) is 0.819. The zero-order valence-electron chi connectivity index (χ0n) is 8.84. The van der Waals surface area contributed by atoms with Crippen LogP contribution in [0.2, 0.25) is 0 Å². The molecule has 0 radical (unpaired) electrons. The molecule has 0 aromatic rings. The molecule has 0 saturated carbocycles. The van der Waals surface area contributed by atoms with Crippen molar-refractivity contribution in [3.63, 3.8) is 0 Å². The summed E-state index contributed by atoms with van der Waals surface area (Å²) in [5.74, 6) is 0. The first-order valence-corrected chi connectivity index (χ1v) is 5.81. The number of aliphatic hydroxyl groups excluding tert-OH is 1. The van der Waals surface area contributed by atoms with Crippen molar-refractivity contribution in [2.75, 3.05) is 26.7 Å². The Bertz CT molecular complexity index is 98.6. The quantitative estimate of drug-likeness (QED) is 0.569. The minimum absolute atomic E-state index is 0. The van der Waals surface area contributed by atoms with Gasteiger partial charge in [0.2, 0.25) is 0 Å². The monoisotopic (exact) mass is 245 g/mol. The van der Waals surface area contributed by atoms with E-state index < -0.39 is 5.60 Å². The summed E-state index contributed by atoms with van der Waals surface area (Å²) in [4.78, 5) is 1.89.